The van der Waals surface area contributed by atoms with E-state index in [1.54, 1.807) is 24.3 Å². The Kier molecular flexibility index (Phi) is 6.64. The summed E-state index contributed by atoms with van der Waals surface area (Å²) in [6.45, 7) is 0. The molecule has 0 spiro atoms. The maximum Gasteiger partial charge on any atom is 0.341 e. The molecule has 0 aliphatic carbocycles. The first-order valence-corrected chi connectivity index (χ1v) is 7.76. The van der Waals surface area contributed by atoms with Crippen molar-refractivity contribution in [1.82, 2.24) is 0 Å². The van der Waals surface area contributed by atoms with Crippen LogP contribution in [-0.4, -0.2) is 24.0 Å². The van der Waals surface area contributed by atoms with Crippen LogP contribution in [0.15, 0.2) is 54.6 Å². The smallest absolute Gasteiger partial charge is 0.341 e. The average Bonchev–Trinajstić information content (AvgIpc) is 2.63. The van der Waals surface area contributed by atoms with Gasteiger partial charge in [0.15, 0.2) is 0 Å². The third-order valence-electron chi connectivity index (χ3n) is 3.62. The van der Waals surface area contributed by atoms with Crippen molar-refractivity contribution in [1.29, 1.82) is 0 Å². The minimum absolute atomic E-state index is 0.262. The first-order chi connectivity index (χ1) is 12.0. The van der Waals surface area contributed by atoms with E-state index in [0.717, 1.165) is 11.1 Å². The zero-order chi connectivity index (χ0) is 18.2. The summed E-state index contributed by atoms with van der Waals surface area (Å²) in [6, 6.07) is 14.5. The summed E-state index contributed by atoms with van der Waals surface area (Å²) in [5.74, 6) is 3.95. The Labute approximate surface area is 145 Å². The number of rotatable bonds is 7. The Morgan fingerprint density at radius 3 is 1.88 bits per heavy atom. The van der Waals surface area contributed by atoms with Gasteiger partial charge in [-0.15, -0.1) is 0 Å². The summed E-state index contributed by atoms with van der Waals surface area (Å²) in [5.41, 5.74) is 13.3. The lowest BCUT2D eigenvalue weighted by Crippen LogP contribution is -2.36. The minimum Gasteiger partial charge on any atom is -0.425 e. The van der Waals surface area contributed by atoms with Crippen molar-refractivity contribution in [3.05, 3.63) is 65.7 Å². The molecule has 0 saturated heterocycles. The number of carbonyl (C=O) groups is 2. The lowest BCUT2D eigenvalue weighted by atomic mass is 10.1. The molecule has 0 fully saturated rings. The molecule has 0 aliphatic heterocycles. The van der Waals surface area contributed by atoms with Crippen LogP contribution in [0.4, 0.5) is 0 Å². The number of ether oxygens (including phenoxy) is 1. The van der Waals surface area contributed by atoms with Crippen LogP contribution in [0.3, 0.4) is 0 Å². The fourth-order valence-electron chi connectivity index (χ4n) is 2.26. The van der Waals surface area contributed by atoms with Crippen molar-refractivity contribution in [2.24, 2.45) is 17.4 Å². The van der Waals surface area contributed by atoms with Crippen LogP contribution < -0.4 is 22.1 Å². The molecule has 7 nitrogen and oxygen atoms in total. The molecule has 2 atom stereocenters. The Morgan fingerprint density at radius 1 is 0.800 bits per heavy atom. The van der Waals surface area contributed by atoms with Crippen LogP contribution >= 0.6 is 0 Å². The highest BCUT2D eigenvalue weighted by Gasteiger charge is 2.17. The molecule has 2 aromatic rings. The Balaban J connectivity index is 1.89. The zero-order valence-electron chi connectivity index (χ0n) is 13.6. The van der Waals surface area contributed by atoms with Crippen molar-refractivity contribution in [3.8, 4) is 5.75 Å². The fourth-order valence-corrected chi connectivity index (χ4v) is 2.26. The van der Waals surface area contributed by atoms with E-state index in [2.05, 4.69) is 4.84 Å². The van der Waals surface area contributed by atoms with Gasteiger partial charge in [0.1, 0.15) is 17.8 Å². The molecule has 0 aliphatic rings. The normalized spacial score (nSPS) is 12.9. The van der Waals surface area contributed by atoms with E-state index in [1.807, 2.05) is 30.3 Å². The van der Waals surface area contributed by atoms with E-state index in [4.69, 9.17) is 22.1 Å². The van der Waals surface area contributed by atoms with E-state index in [1.165, 1.54) is 0 Å². The topological polar surface area (TPSA) is 131 Å². The van der Waals surface area contributed by atoms with Crippen LogP contribution in [0.2, 0.25) is 0 Å². The minimum atomic E-state index is -0.849. The number of benzene rings is 2. The van der Waals surface area contributed by atoms with Gasteiger partial charge in [-0.3, -0.25) is 0 Å². The summed E-state index contributed by atoms with van der Waals surface area (Å²) >= 11 is 0. The summed E-state index contributed by atoms with van der Waals surface area (Å²) in [6.07, 6.45) is 0.658. The van der Waals surface area contributed by atoms with E-state index >= 15 is 0 Å². The van der Waals surface area contributed by atoms with Gasteiger partial charge in [-0.1, -0.05) is 42.5 Å². The molecular formula is C18H21N3O4. The van der Waals surface area contributed by atoms with E-state index in [9.17, 15) is 9.59 Å². The summed E-state index contributed by atoms with van der Waals surface area (Å²) < 4.78 is 5.27. The number of hydrogen-bond acceptors (Lipinski definition) is 7. The van der Waals surface area contributed by atoms with Gasteiger partial charge in [-0.05, 0) is 36.1 Å². The second kappa shape index (κ2) is 8.93. The predicted octanol–water partition coefficient (Wildman–Crippen LogP) is 0.449. The molecule has 0 radical (unpaired) electrons. The van der Waals surface area contributed by atoms with Crippen LogP contribution in [0.1, 0.15) is 11.1 Å². The van der Waals surface area contributed by atoms with E-state index < -0.39 is 24.0 Å². The third kappa shape index (κ3) is 5.68. The van der Waals surface area contributed by atoms with Crippen LogP contribution in [0, 0.1) is 0 Å². The lowest BCUT2D eigenvalue weighted by molar-refractivity contribution is -0.145. The van der Waals surface area contributed by atoms with Crippen molar-refractivity contribution < 1.29 is 19.2 Å². The largest absolute Gasteiger partial charge is 0.425 e. The molecule has 6 N–H and O–H groups in total. The number of esters is 1. The number of nitrogens with two attached hydrogens (primary N) is 3. The first-order valence-electron chi connectivity index (χ1n) is 7.76. The zero-order valence-corrected chi connectivity index (χ0v) is 13.6. The summed E-state index contributed by atoms with van der Waals surface area (Å²) in [7, 11) is 0. The lowest BCUT2D eigenvalue weighted by Gasteiger charge is -2.12. The molecule has 0 aromatic heterocycles. The Morgan fingerprint density at radius 2 is 1.32 bits per heavy atom. The van der Waals surface area contributed by atoms with Crippen molar-refractivity contribution >= 4 is 11.9 Å². The first kappa shape index (κ1) is 18.6. The van der Waals surface area contributed by atoms with E-state index in [0.29, 0.717) is 12.2 Å². The third-order valence-corrected chi connectivity index (χ3v) is 3.62. The Bertz CT molecular complexity index is 704. The molecule has 2 aromatic carbocycles. The monoisotopic (exact) mass is 343 g/mol. The van der Waals surface area contributed by atoms with Gasteiger partial charge in [-0.2, -0.15) is 5.90 Å². The number of carbonyl (C=O) groups excluding carboxylic acids is 2. The van der Waals surface area contributed by atoms with Gasteiger partial charge in [-0.25, -0.2) is 9.59 Å². The molecule has 0 saturated carbocycles. The average molecular weight is 343 g/mol. The van der Waals surface area contributed by atoms with Gasteiger partial charge in [0.25, 0.3) is 0 Å². The maximum atomic E-state index is 12.1. The fraction of sp³-hybridized carbons (Fsp3) is 0.222. The molecule has 0 amide bonds. The molecule has 0 bridgehead atoms. The van der Waals surface area contributed by atoms with Gasteiger partial charge in [0.2, 0.25) is 0 Å². The highest BCUT2D eigenvalue weighted by molar-refractivity contribution is 5.78. The van der Waals surface area contributed by atoms with Crippen molar-refractivity contribution in [2.45, 2.75) is 24.9 Å². The maximum absolute atomic E-state index is 12.1. The molecule has 25 heavy (non-hydrogen) atoms. The second-order valence-electron chi connectivity index (χ2n) is 5.61. The van der Waals surface area contributed by atoms with E-state index in [-0.39, 0.29) is 6.42 Å². The van der Waals surface area contributed by atoms with Crippen LogP contribution in [-0.2, 0) is 27.3 Å². The number of hydrogen-bond donors (Lipinski definition) is 3. The van der Waals surface area contributed by atoms with Gasteiger partial charge < -0.3 is 21.0 Å². The summed E-state index contributed by atoms with van der Waals surface area (Å²) in [4.78, 5) is 27.4. The highest BCUT2D eigenvalue weighted by atomic mass is 16.7. The predicted molar refractivity (Wildman–Crippen MR) is 92.2 cm³/mol. The SMILES string of the molecule is NOC(=O)[C@@H](N)Cc1ccc(OC(=O)[C@@H](N)Cc2ccccc2)cc1. The van der Waals surface area contributed by atoms with Gasteiger partial charge in [0.05, 0.1) is 0 Å². The quantitative estimate of drug-likeness (QED) is 0.378. The second-order valence-corrected chi connectivity index (χ2v) is 5.61. The summed E-state index contributed by atoms with van der Waals surface area (Å²) in [5, 5.41) is 0. The molecule has 2 rings (SSSR count). The van der Waals surface area contributed by atoms with Crippen LogP contribution in [0.5, 0.6) is 5.75 Å². The molecule has 0 heterocycles. The van der Waals surface area contributed by atoms with Gasteiger partial charge in [0, 0.05) is 0 Å². The highest BCUT2D eigenvalue weighted by Crippen LogP contribution is 2.14. The van der Waals surface area contributed by atoms with Crippen molar-refractivity contribution in [2.75, 3.05) is 0 Å². The molecular weight excluding hydrogens is 322 g/mol. The Hall–Kier alpha value is -2.74. The molecule has 0 unspecified atom stereocenters. The standard InChI is InChI=1S/C18H21N3O4/c19-15(10-12-4-2-1-3-5-12)17(22)24-14-8-6-13(7-9-14)11-16(20)18(23)25-21/h1-9,15-16H,10-11,19-21H2/t15-,16-/m0/s1. The molecule has 132 valence electrons. The molecule has 7 heteroatoms. The van der Waals surface area contributed by atoms with Crippen LogP contribution in [0.25, 0.3) is 0 Å². The van der Waals surface area contributed by atoms with Crippen molar-refractivity contribution in [3.63, 3.8) is 0 Å². The van der Waals surface area contributed by atoms with Gasteiger partial charge >= 0.3 is 11.9 Å².